The Hall–Kier alpha value is -2.04. The van der Waals surface area contributed by atoms with Gasteiger partial charge in [-0.15, -0.1) is 0 Å². The molecule has 0 atom stereocenters. The van der Waals surface area contributed by atoms with Gasteiger partial charge in [-0.05, 0) is 19.9 Å². The second kappa shape index (κ2) is 4.65. The van der Waals surface area contributed by atoms with Crippen LogP contribution in [-0.4, -0.2) is 29.1 Å². The molecule has 86 valence electrons. The van der Waals surface area contributed by atoms with E-state index in [1.54, 1.807) is 13.8 Å². The van der Waals surface area contributed by atoms with Crippen molar-refractivity contribution in [3.05, 3.63) is 28.6 Å². The number of aromatic amines is 1. The number of carboxylic acid groups (broad SMARTS) is 1. The van der Waals surface area contributed by atoms with Crippen molar-refractivity contribution in [3.8, 4) is 0 Å². The molecule has 0 aliphatic rings. The van der Waals surface area contributed by atoms with E-state index >= 15 is 0 Å². The second-order valence-corrected chi connectivity index (χ2v) is 3.33. The zero-order chi connectivity index (χ0) is 12.3. The van der Waals surface area contributed by atoms with Crippen molar-refractivity contribution in [2.75, 3.05) is 7.11 Å². The van der Waals surface area contributed by atoms with Crippen LogP contribution in [0.15, 0.2) is 6.08 Å². The monoisotopic (exact) mass is 223 g/mol. The minimum absolute atomic E-state index is 0.373. The van der Waals surface area contributed by atoms with Crippen LogP contribution in [0.4, 0.5) is 0 Å². The number of esters is 1. The summed E-state index contributed by atoms with van der Waals surface area (Å²) < 4.78 is 4.64. The maximum atomic E-state index is 11.5. The van der Waals surface area contributed by atoms with Gasteiger partial charge in [-0.2, -0.15) is 0 Å². The molecule has 1 rings (SSSR count). The average Bonchev–Trinajstić information content (AvgIpc) is 2.49. The van der Waals surface area contributed by atoms with Crippen molar-refractivity contribution in [2.45, 2.75) is 13.8 Å². The van der Waals surface area contributed by atoms with E-state index in [2.05, 4.69) is 9.72 Å². The van der Waals surface area contributed by atoms with Gasteiger partial charge in [0.25, 0.3) is 0 Å². The number of hydrogen-bond donors (Lipinski definition) is 2. The summed E-state index contributed by atoms with van der Waals surface area (Å²) in [7, 11) is 1.29. The van der Waals surface area contributed by atoms with Crippen molar-refractivity contribution in [2.24, 2.45) is 0 Å². The largest absolute Gasteiger partial charge is 0.478 e. The molecule has 2 N–H and O–H groups in total. The number of aryl methyl sites for hydroxylation is 2. The number of rotatable bonds is 3. The number of carboxylic acids is 1. The van der Waals surface area contributed by atoms with E-state index < -0.39 is 11.9 Å². The third-order valence-corrected chi connectivity index (χ3v) is 2.21. The zero-order valence-corrected chi connectivity index (χ0v) is 9.33. The van der Waals surface area contributed by atoms with Crippen LogP contribution >= 0.6 is 0 Å². The Labute approximate surface area is 92.7 Å². The van der Waals surface area contributed by atoms with Crippen molar-refractivity contribution in [1.29, 1.82) is 0 Å². The molecule has 1 heterocycles. The fraction of sp³-hybridized carbons (Fsp3) is 0.273. The first kappa shape index (κ1) is 12.0. The Morgan fingerprint density at radius 2 is 1.94 bits per heavy atom. The van der Waals surface area contributed by atoms with Gasteiger partial charge in [-0.25, -0.2) is 9.59 Å². The molecule has 0 unspecified atom stereocenters. The van der Waals surface area contributed by atoms with E-state index in [-0.39, 0.29) is 0 Å². The number of carbonyl (C=O) groups excluding carboxylic acids is 1. The lowest BCUT2D eigenvalue weighted by Gasteiger charge is -1.99. The van der Waals surface area contributed by atoms with Crippen LogP contribution in [0.3, 0.4) is 0 Å². The highest BCUT2D eigenvalue weighted by Crippen LogP contribution is 2.20. The van der Waals surface area contributed by atoms with Crippen LogP contribution in [-0.2, 0) is 9.53 Å². The van der Waals surface area contributed by atoms with Crippen LogP contribution in [0.5, 0.6) is 0 Å². The van der Waals surface area contributed by atoms with E-state index in [0.29, 0.717) is 16.8 Å². The SMILES string of the molecule is COC(=O)c1c(C)[nH]c(C)c1/C=C/C(=O)O. The standard InChI is InChI=1S/C11H13NO4/c1-6-8(4-5-9(13)14)10(7(2)12-6)11(15)16-3/h4-5,12H,1-3H3,(H,13,14)/b5-4+. The molecule has 0 amide bonds. The first-order valence-electron chi connectivity index (χ1n) is 4.65. The number of hydrogen-bond acceptors (Lipinski definition) is 3. The predicted molar refractivity (Wildman–Crippen MR) is 58.3 cm³/mol. The Bertz CT molecular complexity index is 457. The molecule has 0 saturated carbocycles. The van der Waals surface area contributed by atoms with Gasteiger partial charge in [0.2, 0.25) is 0 Å². The summed E-state index contributed by atoms with van der Waals surface area (Å²) in [6.07, 6.45) is 2.37. The summed E-state index contributed by atoms with van der Waals surface area (Å²) in [5, 5.41) is 8.55. The minimum atomic E-state index is -1.06. The lowest BCUT2D eigenvalue weighted by atomic mass is 10.1. The fourth-order valence-electron chi connectivity index (χ4n) is 1.53. The summed E-state index contributed by atoms with van der Waals surface area (Å²) in [6.45, 7) is 3.50. The number of methoxy groups -OCH3 is 1. The van der Waals surface area contributed by atoms with Crippen molar-refractivity contribution in [1.82, 2.24) is 4.98 Å². The maximum Gasteiger partial charge on any atom is 0.340 e. The number of aromatic nitrogens is 1. The molecular formula is C11H13NO4. The smallest absolute Gasteiger partial charge is 0.340 e. The lowest BCUT2D eigenvalue weighted by molar-refractivity contribution is -0.131. The highest BCUT2D eigenvalue weighted by atomic mass is 16.5. The first-order valence-corrected chi connectivity index (χ1v) is 4.65. The van der Waals surface area contributed by atoms with Crippen LogP contribution in [0.2, 0.25) is 0 Å². The van der Waals surface area contributed by atoms with Gasteiger partial charge in [0.05, 0.1) is 12.7 Å². The number of H-pyrrole nitrogens is 1. The molecule has 1 aromatic heterocycles. The number of aliphatic carboxylic acids is 1. The Morgan fingerprint density at radius 1 is 1.31 bits per heavy atom. The molecule has 0 aliphatic heterocycles. The van der Waals surface area contributed by atoms with Gasteiger partial charge in [-0.1, -0.05) is 0 Å². The number of nitrogens with one attached hydrogen (secondary N) is 1. The molecule has 0 radical (unpaired) electrons. The van der Waals surface area contributed by atoms with E-state index in [1.807, 2.05) is 0 Å². The topological polar surface area (TPSA) is 79.4 Å². The predicted octanol–water partition coefficient (Wildman–Crippen LogP) is 1.52. The van der Waals surface area contributed by atoms with Gasteiger partial charge in [0, 0.05) is 23.0 Å². The molecule has 16 heavy (non-hydrogen) atoms. The van der Waals surface area contributed by atoms with Crippen molar-refractivity contribution in [3.63, 3.8) is 0 Å². The van der Waals surface area contributed by atoms with E-state index in [0.717, 1.165) is 11.8 Å². The Morgan fingerprint density at radius 3 is 2.44 bits per heavy atom. The van der Waals surface area contributed by atoms with Crippen LogP contribution in [0.25, 0.3) is 6.08 Å². The highest BCUT2D eigenvalue weighted by molar-refractivity contribution is 5.97. The summed E-state index contributed by atoms with van der Waals surface area (Å²) in [5.41, 5.74) is 2.31. The zero-order valence-electron chi connectivity index (χ0n) is 9.33. The van der Waals surface area contributed by atoms with Crippen molar-refractivity contribution < 1.29 is 19.4 Å². The van der Waals surface area contributed by atoms with Crippen LogP contribution in [0.1, 0.15) is 27.3 Å². The molecule has 0 saturated heterocycles. The number of carbonyl (C=O) groups is 2. The second-order valence-electron chi connectivity index (χ2n) is 3.33. The van der Waals surface area contributed by atoms with Crippen molar-refractivity contribution >= 4 is 18.0 Å². The minimum Gasteiger partial charge on any atom is -0.478 e. The fourth-order valence-corrected chi connectivity index (χ4v) is 1.53. The summed E-state index contributed by atoms with van der Waals surface area (Å²) in [4.78, 5) is 24.9. The molecular weight excluding hydrogens is 210 g/mol. The van der Waals surface area contributed by atoms with Gasteiger partial charge in [0.15, 0.2) is 0 Å². The summed E-state index contributed by atoms with van der Waals surface area (Å²) in [6, 6.07) is 0. The van der Waals surface area contributed by atoms with E-state index in [4.69, 9.17) is 5.11 Å². The van der Waals surface area contributed by atoms with Gasteiger partial charge in [-0.3, -0.25) is 0 Å². The Balaban J connectivity index is 3.26. The van der Waals surface area contributed by atoms with E-state index in [9.17, 15) is 9.59 Å². The van der Waals surface area contributed by atoms with Crippen LogP contribution in [0, 0.1) is 13.8 Å². The third-order valence-electron chi connectivity index (χ3n) is 2.21. The summed E-state index contributed by atoms with van der Waals surface area (Å²) in [5.74, 6) is -1.54. The number of ether oxygens (including phenoxy) is 1. The molecule has 0 spiro atoms. The van der Waals surface area contributed by atoms with Gasteiger partial charge < -0.3 is 14.8 Å². The quantitative estimate of drug-likeness (QED) is 0.601. The van der Waals surface area contributed by atoms with E-state index in [1.165, 1.54) is 13.2 Å². The lowest BCUT2D eigenvalue weighted by Crippen LogP contribution is -2.03. The molecule has 0 aromatic carbocycles. The van der Waals surface area contributed by atoms with Crippen LogP contribution < -0.4 is 0 Å². The molecule has 5 nitrogen and oxygen atoms in total. The molecule has 1 aromatic rings. The third kappa shape index (κ3) is 2.31. The highest BCUT2D eigenvalue weighted by Gasteiger charge is 2.17. The Kier molecular flexibility index (Phi) is 3.50. The maximum absolute atomic E-state index is 11.5. The molecule has 5 heteroatoms. The van der Waals surface area contributed by atoms with Gasteiger partial charge >= 0.3 is 11.9 Å². The molecule has 0 bridgehead atoms. The first-order chi connectivity index (χ1) is 7.47. The molecule has 0 aliphatic carbocycles. The summed E-state index contributed by atoms with van der Waals surface area (Å²) >= 11 is 0. The molecule has 0 fully saturated rings. The van der Waals surface area contributed by atoms with Gasteiger partial charge in [0.1, 0.15) is 0 Å². The normalized spacial score (nSPS) is 10.7. The average molecular weight is 223 g/mol.